The summed E-state index contributed by atoms with van der Waals surface area (Å²) in [6, 6.07) is 15.1. The van der Waals surface area contributed by atoms with Crippen molar-refractivity contribution in [3.63, 3.8) is 0 Å². The molecule has 0 saturated heterocycles. The minimum atomic E-state index is -5.66. The van der Waals surface area contributed by atoms with Gasteiger partial charge in [0.2, 0.25) is 0 Å². The molecule has 0 bridgehead atoms. The van der Waals surface area contributed by atoms with Gasteiger partial charge < -0.3 is 14.4 Å². The van der Waals surface area contributed by atoms with E-state index in [0.717, 1.165) is 0 Å². The van der Waals surface area contributed by atoms with Crippen LogP contribution in [-0.4, -0.2) is 52.8 Å². The first-order valence-corrected chi connectivity index (χ1v) is 13.4. The lowest BCUT2D eigenvalue weighted by atomic mass is 10.2. The molecule has 0 spiro atoms. The summed E-state index contributed by atoms with van der Waals surface area (Å²) in [5.41, 5.74) is -3.52. The fourth-order valence-corrected chi connectivity index (χ4v) is 3.84. The summed E-state index contributed by atoms with van der Waals surface area (Å²) in [7, 11) is -2.81. The molecule has 0 aliphatic rings. The summed E-state index contributed by atoms with van der Waals surface area (Å²) >= 11 is 0. The Bertz CT molecular complexity index is 1550. The van der Waals surface area contributed by atoms with E-state index in [1.807, 2.05) is 0 Å². The Morgan fingerprint density at radius 1 is 0.857 bits per heavy atom. The van der Waals surface area contributed by atoms with Gasteiger partial charge in [-0.3, -0.25) is 14.3 Å². The van der Waals surface area contributed by atoms with Crippen LogP contribution in [0.4, 0.5) is 47.3 Å². The first-order valence-electron chi connectivity index (χ1n) is 12.0. The Morgan fingerprint density at radius 2 is 1.33 bits per heavy atom. The number of likely N-dealkylation sites (N-methyl/N-ethyl adjacent to an activating group) is 1. The summed E-state index contributed by atoms with van der Waals surface area (Å²) < 4.78 is 74.4. The Morgan fingerprint density at radius 3 is 1.74 bits per heavy atom. The first-order chi connectivity index (χ1) is 19.9. The molecular weight excluding hydrogens is 585 g/mol. The molecule has 0 saturated carbocycles. The highest BCUT2D eigenvalue weighted by Crippen LogP contribution is 2.41. The van der Waals surface area contributed by atoms with Crippen molar-refractivity contribution in [1.82, 2.24) is 0 Å². The molecule has 0 amide bonds. The number of anilines is 1. The predicted octanol–water partition coefficient (Wildman–Crippen LogP) is 7.14. The van der Waals surface area contributed by atoms with Gasteiger partial charge in [-0.15, -0.1) is 10.2 Å². The highest BCUT2D eigenvalue weighted by Gasteiger charge is 2.47. The Balaban J connectivity index is 1.73. The molecule has 42 heavy (non-hydrogen) atoms. The van der Waals surface area contributed by atoms with Gasteiger partial charge in [-0.2, -0.15) is 31.8 Å². The van der Waals surface area contributed by atoms with Crippen molar-refractivity contribution in [3.05, 3.63) is 70.8 Å². The Hall–Kier alpha value is -4.64. The van der Waals surface area contributed by atoms with Gasteiger partial charge in [0.05, 0.1) is 37.1 Å². The van der Waals surface area contributed by atoms with Crippen LogP contribution in [0.5, 0.6) is 11.5 Å². The number of rotatable bonds is 13. The van der Waals surface area contributed by atoms with E-state index in [1.165, 1.54) is 50.6 Å². The second-order valence-electron chi connectivity index (χ2n) is 8.19. The minimum Gasteiger partial charge on any atom is -0.494 e. The van der Waals surface area contributed by atoms with Crippen LogP contribution in [0.1, 0.15) is 6.92 Å². The van der Waals surface area contributed by atoms with Crippen LogP contribution in [0.3, 0.4) is 0 Å². The molecule has 17 heteroatoms. The average Bonchev–Trinajstić information content (AvgIpc) is 2.97. The number of nitro benzene ring substituents is 1. The zero-order valence-corrected chi connectivity index (χ0v) is 23.3. The maximum absolute atomic E-state index is 12.5. The molecule has 0 aromatic heterocycles. The Kier molecular flexibility index (Phi) is 10.5. The van der Waals surface area contributed by atoms with Crippen LogP contribution in [0, 0.1) is 10.1 Å². The molecule has 0 unspecified atom stereocenters. The lowest BCUT2D eigenvalue weighted by Gasteiger charge is -2.23. The first kappa shape index (κ1) is 31.9. The molecule has 0 radical (unpaired) electrons. The summed E-state index contributed by atoms with van der Waals surface area (Å²) in [4.78, 5) is 11.9. The monoisotopic (exact) mass is 610 g/mol. The molecule has 0 heterocycles. The third-order valence-corrected chi connectivity index (χ3v) is 6.61. The molecule has 3 rings (SSSR count). The fraction of sp³-hybridized carbons (Fsp3) is 0.280. The predicted molar refractivity (Wildman–Crippen MR) is 146 cm³/mol. The number of hydrogen-bond acceptors (Lipinski definition) is 12. The van der Waals surface area contributed by atoms with E-state index in [2.05, 4.69) is 24.6 Å². The number of methoxy groups -OCH3 is 2. The number of nitrogens with zero attached hydrogens (tertiary/aromatic N) is 6. The second-order valence-corrected chi connectivity index (χ2v) is 9.79. The number of ether oxygens (including phenoxy) is 2. The lowest BCUT2D eigenvalue weighted by Crippen LogP contribution is -2.31. The van der Waals surface area contributed by atoms with E-state index >= 15 is 0 Å². The van der Waals surface area contributed by atoms with Gasteiger partial charge in [0.1, 0.15) is 22.9 Å². The van der Waals surface area contributed by atoms with E-state index in [0.29, 0.717) is 46.5 Å². The highest BCUT2D eigenvalue weighted by atomic mass is 32.2. The number of benzene rings is 3. The van der Waals surface area contributed by atoms with Crippen molar-refractivity contribution in [1.29, 1.82) is 0 Å². The van der Waals surface area contributed by atoms with Gasteiger partial charge in [-0.1, -0.05) is 0 Å². The standard InChI is InChI=1S/C25H25F3N6O7S/c1-4-33(13-14-41-42(37,38)25(26,27)28)19-9-5-17(6-10-19)29-31-21-15-24(40-3)22(16-23(21)39-2)32-30-18-7-11-20(12-8-18)34(35)36/h5-12,15-16H,4,13-14H2,1-3H3. The minimum absolute atomic E-state index is 0.0765. The lowest BCUT2D eigenvalue weighted by molar-refractivity contribution is -0.384. The summed E-state index contributed by atoms with van der Waals surface area (Å²) in [5.74, 6) is 0.610. The zero-order chi connectivity index (χ0) is 30.9. The third kappa shape index (κ3) is 8.20. The van der Waals surface area contributed by atoms with Crippen LogP contribution in [0.25, 0.3) is 0 Å². The van der Waals surface area contributed by atoms with Crippen molar-refractivity contribution < 1.29 is 40.2 Å². The SMILES string of the molecule is CCN(CCOS(=O)(=O)C(F)(F)F)c1ccc(N=Nc2cc(OC)c(N=Nc3ccc([N+](=O)[O-])cc3)cc2OC)cc1. The maximum Gasteiger partial charge on any atom is 0.523 e. The molecule has 0 fully saturated rings. The molecule has 0 aliphatic carbocycles. The zero-order valence-electron chi connectivity index (χ0n) is 22.5. The van der Waals surface area contributed by atoms with Crippen LogP contribution in [-0.2, 0) is 14.3 Å². The molecule has 224 valence electrons. The largest absolute Gasteiger partial charge is 0.523 e. The average molecular weight is 611 g/mol. The van der Waals surface area contributed by atoms with Gasteiger partial charge in [0.25, 0.3) is 5.69 Å². The van der Waals surface area contributed by atoms with E-state index in [4.69, 9.17) is 9.47 Å². The summed E-state index contributed by atoms with van der Waals surface area (Å²) in [5, 5.41) is 27.4. The normalized spacial score (nSPS) is 12.1. The fourth-order valence-electron chi connectivity index (χ4n) is 3.41. The van der Waals surface area contributed by atoms with E-state index in [-0.39, 0.29) is 12.2 Å². The number of hydrogen-bond donors (Lipinski definition) is 0. The number of non-ortho nitro benzene ring substituents is 1. The topological polar surface area (TPSA) is 158 Å². The summed E-state index contributed by atoms with van der Waals surface area (Å²) in [6.07, 6.45) is 0. The van der Waals surface area contributed by atoms with Crippen molar-refractivity contribution in [2.24, 2.45) is 20.5 Å². The molecule has 0 N–H and O–H groups in total. The van der Waals surface area contributed by atoms with Gasteiger partial charge in [-0.05, 0) is 43.3 Å². The van der Waals surface area contributed by atoms with Crippen LogP contribution in [0.2, 0.25) is 0 Å². The number of halogens is 3. The van der Waals surface area contributed by atoms with Crippen molar-refractivity contribution in [3.8, 4) is 11.5 Å². The number of alkyl halides is 3. The van der Waals surface area contributed by atoms with Crippen molar-refractivity contribution >= 4 is 44.2 Å². The Labute approximate surface area is 238 Å². The van der Waals surface area contributed by atoms with Crippen molar-refractivity contribution in [2.75, 3.05) is 38.8 Å². The molecule has 3 aromatic carbocycles. The summed E-state index contributed by atoms with van der Waals surface area (Å²) in [6.45, 7) is 1.35. The van der Waals surface area contributed by atoms with Crippen LogP contribution >= 0.6 is 0 Å². The van der Waals surface area contributed by atoms with E-state index in [9.17, 15) is 31.7 Å². The molecular formula is C25H25F3N6O7S. The third-order valence-electron chi connectivity index (χ3n) is 5.57. The highest BCUT2D eigenvalue weighted by molar-refractivity contribution is 7.87. The quantitative estimate of drug-likeness (QED) is 0.0650. The van der Waals surface area contributed by atoms with Gasteiger partial charge in [0.15, 0.2) is 0 Å². The van der Waals surface area contributed by atoms with Crippen molar-refractivity contribution in [2.45, 2.75) is 12.4 Å². The van der Waals surface area contributed by atoms with E-state index < -0.39 is 27.2 Å². The smallest absolute Gasteiger partial charge is 0.494 e. The van der Waals surface area contributed by atoms with Crippen LogP contribution < -0.4 is 14.4 Å². The second kappa shape index (κ2) is 13.8. The molecule has 13 nitrogen and oxygen atoms in total. The molecule has 3 aromatic rings. The molecule has 0 atom stereocenters. The maximum atomic E-state index is 12.5. The van der Waals surface area contributed by atoms with Gasteiger partial charge in [0, 0.05) is 43.0 Å². The number of nitro groups is 1. The number of azo groups is 2. The molecule has 0 aliphatic heterocycles. The van der Waals surface area contributed by atoms with Gasteiger partial charge >= 0.3 is 15.6 Å². The van der Waals surface area contributed by atoms with Gasteiger partial charge in [-0.25, -0.2) is 0 Å². The van der Waals surface area contributed by atoms with Crippen LogP contribution in [0.15, 0.2) is 81.1 Å². The van der Waals surface area contributed by atoms with E-state index in [1.54, 1.807) is 36.1 Å².